The van der Waals surface area contributed by atoms with Gasteiger partial charge in [0.1, 0.15) is 6.33 Å². The summed E-state index contributed by atoms with van der Waals surface area (Å²) in [6.07, 6.45) is 2.37. The van der Waals surface area contributed by atoms with E-state index in [2.05, 4.69) is 36.3 Å². The molecule has 102 valence electrons. The number of nitrogens with two attached hydrogens (primary N) is 1. The molecule has 3 N–H and O–H groups in total. The fourth-order valence-electron chi connectivity index (χ4n) is 1.68. The maximum Gasteiger partial charge on any atom is 0.219 e. The Hall–Kier alpha value is -1.90. The van der Waals surface area contributed by atoms with E-state index in [1.54, 1.807) is 9.36 Å². The number of rotatable bonds is 4. The maximum absolute atomic E-state index is 8.56. The Morgan fingerprint density at radius 1 is 1.53 bits per heavy atom. The third-order valence-electron chi connectivity index (χ3n) is 2.69. The molecule has 0 saturated carbocycles. The molecule has 2 aromatic rings. The first-order valence-corrected chi connectivity index (χ1v) is 6.43. The molecule has 0 bridgehead atoms. The van der Waals surface area contributed by atoms with Gasteiger partial charge in [-0.15, -0.1) is 5.10 Å². The maximum atomic E-state index is 8.56. The lowest BCUT2D eigenvalue weighted by Crippen LogP contribution is -2.16. The van der Waals surface area contributed by atoms with Crippen LogP contribution in [0.15, 0.2) is 16.0 Å². The molecule has 2 heterocycles. The van der Waals surface area contributed by atoms with E-state index in [-0.39, 0.29) is 11.7 Å². The van der Waals surface area contributed by atoms with Gasteiger partial charge in [-0.05, 0) is 22.4 Å². The van der Waals surface area contributed by atoms with Gasteiger partial charge in [-0.25, -0.2) is 9.67 Å². The number of halogens is 1. The lowest BCUT2D eigenvalue weighted by atomic mass is 10.3. The molecule has 8 nitrogen and oxygen atoms in total. The molecule has 0 fully saturated rings. The second kappa shape index (κ2) is 5.39. The fraction of sp³-hybridized carbons (Fsp3) is 0.400. The van der Waals surface area contributed by atoms with Crippen molar-refractivity contribution in [1.29, 1.82) is 0 Å². The highest BCUT2D eigenvalue weighted by Gasteiger charge is 2.14. The van der Waals surface area contributed by atoms with Crippen molar-refractivity contribution in [1.82, 2.24) is 24.5 Å². The SMILES string of the molecule is CCc1nn(C)c(Cn2cnc(C(N)=NO)n2)c1Br. The van der Waals surface area contributed by atoms with Crippen molar-refractivity contribution in [3.63, 3.8) is 0 Å². The Morgan fingerprint density at radius 2 is 2.26 bits per heavy atom. The molecule has 0 aromatic carbocycles. The molecule has 19 heavy (non-hydrogen) atoms. The van der Waals surface area contributed by atoms with Crippen LogP contribution in [0.4, 0.5) is 0 Å². The monoisotopic (exact) mass is 327 g/mol. The molecular weight excluding hydrogens is 314 g/mol. The first-order chi connectivity index (χ1) is 9.06. The van der Waals surface area contributed by atoms with Crippen molar-refractivity contribution < 1.29 is 5.21 Å². The van der Waals surface area contributed by atoms with E-state index < -0.39 is 0 Å². The summed E-state index contributed by atoms with van der Waals surface area (Å²) in [6.45, 7) is 2.54. The van der Waals surface area contributed by atoms with Gasteiger partial charge in [0, 0.05) is 7.05 Å². The van der Waals surface area contributed by atoms with E-state index in [1.165, 1.54) is 6.33 Å². The Kier molecular flexibility index (Phi) is 3.84. The summed E-state index contributed by atoms with van der Waals surface area (Å²) >= 11 is 3.54. The molecule has 0 atom stereocenters. The zero-order chi connectivity index (χ0) is 14.0. The summed E-state index contributed by atoms with van der Waals surface area (Å²) in [7, 11) is 1.88. The van der Waals surface area contributed by atoms with Gasteiger partial charge in [-0.1, -0.05) is 12.1 Å². The summed E-state index contributed by atoms with van der Waals surface area (Å²) in [5, 5.41) is 19.9. The van der Waals surface area contributed by atoms with E-state index in [1.807, 2.05) is 14.0 Å². The van der Waals surface area contributed by atoms with Crippen molar-refractivity contribution in [2.45, 2.75) is 19.9 Å². The Morgan fingerprint density at radius 3 is 2.84 bits per heavy atom. The van der Waals surface area contributed by atoms with E-state index in [0.29, 0.717) is 6.54 Å². The molecule has 2 aromatic heterocycles. The molecule has 0 amide bonds. The lowest BCUT2D eigenvalue weighted by Gasteiger charge is -2.02. The van der Waals surface area contributed by atoms with Gasteiger partial charge in [0.2, 0.25) is 11.7 Å². The molecule has 0 radical (unpaired) electrons. The zero-order valence-corrected chi connectivity index (χ0v) is 12.2. The van der Waals surface area contributed by atoms with Gasteiger partial charge in [0.15, 0.2) is 0 Å². The average Bonchev–Trinajstić information content (AvgIpc) is 2.98. The van der Waals surface area contributed by atoms with Crippen LogP contribution in [0, 0.1) is 0 Å². The smallest absolute Gasteiger partial charge is 0.219 e. The van der Waals surface area contributed by atoms with Gasteiger partial charge in [0.25, 0.3) is 0 Å². The molecule has 0 aliphatic carbocycles. The molecule has 0 saturated heterocycles. The van der Waals surface area contributed by atoms with Crippen LogP contribution in [0.1, 0.15) is 24.1 Å². The first kappa shape index (κ1) is 13.5. The minimum atomic E-state index is -0.114. The van der Waals surface area contributed by atoms with Gasteiger partial charge in [-0.2, -0.15) is 5.10 Å². The number of aromatic nitrogens is 5. The van der Waals surface area contributed by atoms with Crippen molar-refractivity contribution in [3.8, 4) is 0 Å². The highest BCUT2D eigenvalue weighted by atomic mass is 79.9. The Balaban J connectivity index is 2.27. The van der Waals surface area contributed by atoms with Gasteiger partial charge >= 0.3 is 0 Å². The molecule has 2 rings (SSSR count). The van der Waals surface area contributed by atoms with Crippen molar-refractivity contribution in [2.24, 2.45) is 17.9 Å². The van der Waals surface area contributed by atoms with Crippen LogP contribution in [-0.4, -0.2) is 35.6 Å². The predicted molar refractivity (Wildman–Crippen MR) is 71.9 cm³/mol. The number of hydrogen-bond acceptors (Lipinski definition) is 5. The number of amidine groups is 1. The Labute approximate surface area is 118 Å². The van der Waals surface area contributed by atoms with Crippen LogP contribution in [0.25, 0.3) is 0 Å². The summed E-state index contributed by atoms with van der Waals surface area (Å²) in [5.41, 5.74) is 7.40. The Bertz CT molecular complexity index is 615. The minimum Gasteiger partial charge on any atom is -0.409 e. The summed E-state index contributed by atoms with van der Waals surface area (Å²) in [6, 6.07) is 0. The van der Waals surface area contributed by atoms with Crippen LogP contribution in [-0.2, 0) is 20.0 Å². The van der Waals surface area contributed by atoms with E-state index >= 15 is 0 Å². The molecule has 9 heteroatoms. The topological polar surface area (TPSA) is 107 Å². The van der Waals surface area contributed by atoms with Gasteiger partial charge < -0.3 is 10.9 Å². The first-order valence-electron chi connectivity index (χ1n) is 5.64. The predicted octanol–water partition coefficient (Wildman–Crippen LogP) is 0.479. The molecule has 0 aliphatic heterocycles. The summed E-state index contributed by atoms with van der Waals surface area (Å²) < 4.78 is 4.38. The normalized spacial score (nSPS) is 12.1. The standard InChI is InChI=1S/C10H14BrN7O/c1-3-6-8(11)7(17(2)14-6)4-18-5-13-10(15-18)9(12)16-19/h5,19H,3-4H2,1-2H3,(H2,12,16). The van der Waals surface area contributed by atoms with E-state index in [9.17, 15) is 0 Å². The zero-order valence-electron chi connectivity index (χ0n) is 10.6. The van der Waals surface area contributed by atoms with Gasteiger partial charge in [-0.3, -0.25) is 4.68 Å². The number of aryl methyl sites for hydroxylation is 2. The van der Waals surface area contributed by atoms with Crippen LogP contribution in [0.5, 0.6) is 0 Å². The lowest BCUT2D eigenvalue weighted by molar-refractivity contribution is 0.318. The fourth-order valence-corrected chi connectivity index (χ4v) is 2.42. The third kappa shape index (κ3) is 2.60. The highest BCUT2D eigenvalue weighted by Crippen LogP contribution is 2.22. The number of hydrogen-bond donors (Lipinski definition) is 2. The number of nitrogens with zero attached hydrogens (tertiary/aromatic N) is 6. The van der Waals surface area contributed by atoms with E-state index in [4.69, 9.17) is 10.9 Å². The third-order valence-corrected chi connectivity index (χ3v) is 3.60. The second-order valence-electron chi connectivity index (χ2n) is 3.94. The van der Waals surface area contributed by atoms with Crippen LogP contribution in [0.2, 0.25) is 0 Å². The van der Waals surface area contributed by atoms with Crippen molar-refractivity contribution in [2.75, 3.05) is 0 Å². The molecular formula is C10H14BrN7O. The average molecular weight is 328 g/mol. The second-order valence-corrected chi connectivity index (χ2v) is 4.73. The van der Waals surface area contributed by atoms with E-state index in [0.717, 1.165) is 22.3 Å². The van der Waals surface area contributed by atoms with Crippen molar-refractivity contribution in [3.05, 3.63) is 28.0 Å². The van der Waals surface area contributed by atoms with Crippen LogP contribution < -0.4 is 5.73 Å². The quantitative estimate of drug-likeness (QED) is 0.367. The number of oxime groups is 1. The van der Waals surface area contributed by atoms with Crippen molar-refractivity contribution >= 4 is 21.8 Å². The van der Waals surface area contributed by atoms with Gasteiger partial charge in [0.05, 0.1) is 22.4 Å². The largest absolute Gasteiger partial charge is 0.409 e. The highest BCUT2D eigenvalue weighted by molar-refractivity contribution is 9.10. The summed E-state index contributed by atoms with van der Waals surface area (Å²) in [5.74, 6) is 0.0774. The molecule has 0 unspecified atom stereocenters. The minimum absolute atomic E-state index is 0.114. The summed E-state index contributed by atoms with van der Waals surface area (Å²) in [4.78, 5) is 3.96. The van der Waals surface area contributed by atoms with Crippen LogP contribution >= 0.6 is 15.9 Å². The molecule has 0 aliphatic rings. The van der Waals surface area contributed by atoms with Crippen LogP contribution in [0.3, 0.4) is 0 Å². The molecule has 0 spiro atoms.